The van der Waals surface area contributed by atoms with Gasteiger partial charge in [-0.1, -0.05) is 57.2 Å². The predicted octanol–water partition coefficient (Wildman–Crippen LogP) is 7.60. The largest absolute Gasteiger partial charge is 0.497 e. The molecule has 1 amide bonds. The van der Waals surface area contributed by atoms with Gasteiger partial charge in [0.2, 0.25) is 31.6 Å². The molecule has 21 nitrogen and oxygen atoms in total. The molecule has 24 heteroatoms. The van der Waals surface area contributed by atoms with E-state index in [4.69, 9.17) is 33.5 Å². The fraction of sp³-hybridized carbons (Fsp3) is 0.407. The third-order valence-electron chi connectivity index (χ3n) is 13.7. The van der Waals surface area contributed by atoms with Crippen molar-refractivity contribution in [1.82, 2.24) is 48.9 Å². The molecule has 0 spiro atoms. The highest BCUT2D eigenvalue weighted by Crippen LogP contribution is 2.43. The molecule has 1 aliphatic rings. The molecular formula is C54H69N11O10S2Si. The number of sulfonamides is 2. The lowest BCUT2D eigenvalue weighted by Gasteiger charge is -2.39. The smallest absolute Gasteiger partial charge is 0.407 e. The summed E-state index contributed by atoms with van der Waals surface area (Å²) in [5.74, 6) is 2.13. The van der Waals surface area contributed by atoms with E-state index in [1.165, 1.54) is 29.4 Å². The van der Waals surface area contributed by atoms with Crippen LogP contribution >= 0.6 is 0 Å². The number of alkyl carbamates (subject to hydrolysis) is 1. The molecular weight excluding hydrogens is 1050 g/mol. The fourth-order valence-electron chi connectivity index (χ4n) is 8.62. The van der Waals surface area contributed by atoms with Crippen LogP contribution in [0.3, 0.4) is 0 Å². The number of anilines is 1. The number of rotatable bonds is 21. The lowest BCUT2D eigenvalue weighted by Crippen LogP contribution is -2.51. The molecule has 0 fully saturated rings. The van der Waals surface area contributed by atoms with Gasteiger partial charge >= 0.3 is 6.09 Å². The van der Waals surface area contributed by atoms with Crippen LogP contribution in [0, 0.1) is 0 Å². The van der Waals surface area contributed by atoms with Gasteiger partial charge in [-0.05, 0) is 115 Å². The maximum absolute atomic E-state index is 16.5. The number of nitrogens with zero attached hydrogens (tertiary/aromatic N) is 9. The second-order valence-corrected chi connectivity index (χ2v) is 29.8. The standard InChI is InChI=1S/C54H69N11O10S2Si/c1-53(2,3)74-52(66)56-31-43(75-78(10,11)54(4,5)6)32-57-76(67,68)47-26-25-45(62-30-27-44-46(36-62)64-29-12-28-55-51(64)58-44)48(50-59-61-65(60-50)35-39-17-23-42(73-9)24-18-39)49(47)77(69,70)63(33-37-13-19-40(71-7)20-14-37)34-38-15-21-41(72-8)22-16-38/h12-26,28-29,43,57H,27,30-36H2,1-11H3,(H,56,66)/t43-/m1/s1. The van der Waals surface area contributed by atoms with Gasteiger partial charge in [-0.3, -0.25) is 4.40 Å². The summed E-state index contributed by atoms with van der Waals surface area (Å²) in [7, 11) is -7.83. The number of tetrazole rings is 1. The molecule has 1 atom stereocenters. The summed E-state index contributed by atoms with van der Waals surface area (Å²) in [6.07, 6.45) is 2.35. The second-order valence-electron chi connectivity index (χ2n) is 21.4. The van der Waals surface area contributed by atoms with Gasteiger partial charge in [0.15, 0.2) is 8.32 Å². The topological polar surface area (TPSA) is 236 Å². The van der Waals surface area contributed by atoms with Gasteiger partial charge in [0, 0.05) is 57.2 Å². The van der Waals surface area contributed by atoms with Gasteiger partial charge in [0.05, 0.1) is 57.5 Å². The highest BCUT2D eigenvalue weighted by Gasteiger charge is 2.42. The van der Waals surface area contributed by atoms with Crippen LogP contribution in [0.2, 0.25) is 18.1 Å². The Labute approximate surface area is 457 Å². The zero-order valence-electron chi connectivity index (χ0n) is 46.0. The maximum atomic E-state index is 16.5. The Balaban J connectivity index is 1.33. The van der Waals surface area contributed by atoms with Crippen LogP contribution in [0.1, 0.15) is 69.6 Å². The number of carbonyl (C=O) groups is 1. The molecule has 0 saturated carbocycles. The number of hydrogen-bond donors (Lipinski definition) is 2. The van der Waals surface area contributed by atoms with E-state index in [0.29, 0.717) is 52.8 Å². The molecule has 0 bridgehead atoms. The maximum Gasteiger partial charge on any atom is 0.407 e. The van der Waals surface area contributed by atoms with Crippen LogP contribution in [-0.4, -0.2) is 123 Å². The summed E-state index contributed by atoms with van der Waals surface area (Å²) < 4.78 is 98.4. The first-order chi connectivity index (χ1) is 36.9. The molecule has 4 aromatic carbocycles. The molecule has 1 aliphatic heterocycles. The number of methoxy groups -OCH3 is 3. The van der Waals surface area contributed by atoms with Crippen molar-refractivity contribution in [2.75, 3.05) is 45.9 Å². The van der Waals surface area contributed by atoms with Crippen molar-refractivity contribution in [3.8, 4) is 28.6 Å². The van der Waals surface area contributed by atoms with Gasteiger partial charge < -0.3 is 33.6 Å². The zero-order valence-corrected chi connectivity index (χ0v) is 48.6. The molecule has 4 heterocycles. The monoisotopic (exact) mass is 1120 g/mol. The van der Waals surface area contributed by atoms with E-state index in [-0.39, 0.29) is 55.7 Å². The van der Waals surface area contributed by atoms with Crippen LogP contribution in [0.15, 0.2) is 113 Å². The van der Waals surface area contributed by atoms with Crippen molar-refractivity contribution in [3.63, 3.8) is 0 Å². The van der Waals surface area contributed by atoms with Crippen LogP contribution in [0.25, 0.3) is 17.2 Å². The number of hydrogen-bond acceptors (Lipinski definition) is 16. The Morgan fingerprint density at radius 1 is 0.795 bits per heavy atom. The molecule has 0 radical (unpaired) electrons. The average Bonchev–Trinajstić information content (AvgIpc) is 4.18. The van der Waals surface area contributed by atoms with Gasteiger partial charge in [0.25, 0.3) is 0 Å². The van der Waals surface area contributed by atoms with E-state index in [2.05, 4.69) is 25.3 Å². The number of aromatic nitrogens is 7. The van der Waals surface area contributed by atoms with E-state index in [1.807, 2.05) is 61.5 Å². The quantitative estimate of drug-likeness (QED) is 0.0659. The highest BCUT2D eigenvalue weighted by molar-refractivity contribution is 7.92. The molecule has 416 valence electrons. The molecule has 3 aromatic heterocycles. The first kappa shape index (κ1) is 57.2. The van der Waals surface area contributed by atoms with Gasteiger partial charge in [-0.2, -0.15) is 9.10 Å². The summed E-state index contributed by atoms with van der Waals surface area (Å²) in [6.45, 7) is 15.2. The highest BCUT2D eigenvalue weighted by atomic mass is 32.2. The Hall–Kier alpha value is -6.96. The number of benzene rings is 4. The van der Waals surface area contributed by atoms with Crippen LogP contribution in [0.4, 0.5) is 10.5 Å². The SMILES string of the molecule is COc1ccc(CN(Cc2ccc(OC)cc2)S(=O)(=O)c2c(S(=O)(=O)NC[C@@H](CNC(=O)OC(C)(C)C)O[Si](C)(C)C(C)(C)C)ccc(N3CCc4nc5ncccn5c4C3)c2-c2nnn(Cc3ccc(OC)cc3)n2)cc1. The molecule has 7 aromatic rings. The predicted molar refractivity (Wildman–Crippen MR) is 297 cm³/mol. The first-order valence-electron chi connectivity index (χ1n) is 25.4. The minimum absolute atomic E-state index is 0.0932. The van der Waals surface area contributed by atoms with Crippen LogP contribution < -0.4 is 29.1 Å². The van der Waals surface area contributed by atoms with Gasteiger partial charge in [-0.25, -0.2) is 36.3 Å². The van der Waals surface area contributed by atoms with E-state index < -0.39 is 56.0 Å². The van der Waals surface area contributed by atoms with E-state index in [1.54, 1.807) is 107 Å². The molecule has 8 rings (SSSR count). The molecule has 78 heavy (non-hydrogen) atoms. The minimum Gasteiger partial charge on any atom is -0.497 e. The van der Waals surface area contributed by atoms with Crippen molar-refractivity contribution in [2.24, 2.45) is 0 Å². The Morgan fingerprint density at radius 2 is 1.38 bits per heavy atom. The number of amides is 1. The van der Waals surface area contributed by atoms with Crippen molar-refractivity contribution in [3.05, 3.63) is 131 Å². The number of nitrogens with one attached hydrogen (secondary N) is 2. The van der Waals surface area contributed by atoms with Crippen molar-refractivity contribution in [2.45, 2.75) is 114 Å². The number of carbonyl (C=O) groups excluding carboxylic acids is 1. The minimum atomic E-state index is -4.98. The van der Waals surface area contributed by atoms with Gasteiger partial charge in [0.1, 0.15) is 32.6 Å². The summed E-state index contributed by atoms with van der Waals surface area (Å²) in [5, 5.41) is 16.2. The zero-order chi connectivity index (χ0) is 56.2. The van der Waals surface area contributed by atoms with E-state index in [0.717, 1.165) is 17.0 Å². The molecule has 0 aliphatic carbocycles. The van der Waals surface area contributed by atoms with Crippen LogP contribution in [-0.2, 0) is 61.8 Å². The molecule has 2 N–H and O–H groups in total. The van der Waals surface area contributed by atoms with Gasteiger partial charge in [-0.15, -0.1) is 10.2 Å². The summed E-state index contributed by atoms with van der Waals surface area (Å²) in [4.78, 5) is 24.4. The Kier molecular flexibility index (Phi) is 17.0. The number of imidazole rings is 1. The van der Waals surface area contributed by atoms with Crippen molar-refractivity contribution >= 4 is 45.9 Å². The molecule has 0 unspecified atom stereocenters. The fourth-order valence-corrected chi connectivity index (χ4v) is 13.4. The van der Waals surface area contributed by atoms with E-state index >= 15 is 16.8 Å². The van der Waals surface area contributed by atoms with E-state index in [9.17, 15) is 4.79 Å². The first-order valence-corrected chi connectivity index (χ1v) is 31.3. The summed E-state index contributed by atoms with van der Waals surface area (Å²) >= 11 is 0. The number of ether oxygens (including phenoxy) is 4. The van der Waals surface area contributed by atoms with Crippen molar-refractivity contribution in [1.29, 1.82) is 0 Å². The number of fused-ring (bicyclic) bond motifs is 3. The molecule has 0 saturated heterocycles. The van der Waals surface area contributed by atoms with Crippen LogP contribution in [0.5, 0.6) is 17.2 Å². The average molecular weight is 1120 g/mol. The normalized spacial score (nSPS) is 13.8. The Morgan fingerprint density at radius 3 is 1.95 bits per heavy atom. The lowest BCUT2D eigenvalue weighted by molar-refractivity contribution is 0.0498. The summed E-state index contributed by atoms with van der Waals surface area (Å²) in [6, 6.07) is 25.9. The lowest BCUT2D eigenvalue weighted by atomic mass is 10.1. The third-order valence-corrected chi connectivity index (χ3v) is 21.7. The van der Waals surface area contributed by atoms with Crippen molar-refractivity contribution < 1.29 is 45.0 Å². The second kappa shape index (κ2) is 23.2. The Bertz CT molecular complexity index is 3400. The third kappa shape index (κ3) is 13.3. The summed E-state index contributed by atoms with van der Waals surface area (Å²) in [5.41, 5.74) is 3.04.